The van der Waals surface area contributed by atoms with Gasteiger partial charge in [-0.15, -0.1) is 11.3 Å². The zero-order valence-electron chi connectivity index (χ0n) is 18.9. The largest absolute Gasteiger partial charge is 0.480 e. The maximum absolute atomic E-state index is 11.0. The summed E-state index contributed by atoms with van der Waals surface area (Å²) in [6, 6.07) is 25.8. The fourth-order valence-electron chi connectivity index (χ4n) is 3.97. The third-order valence-corrected chi connectivity index (χ3v) is 6.89. The lowest BCUT2D eigenvalue weighted by molar-refractivity contribution is -0.138. The molecule has 0 fully saturated rings. The van der Waals surface area contributed by atoms with Gasteiger partial charge in [-0.2, -0.15) is 0 Å². The Bertz CT molecular complexity index is 1450. The van der Waals surface area contributed by atoms with Gasteiger partial charge in [-0.1, -0.05) is 78.9 Å². The minimum absolute atomic E-state index is 0.294. The Balaban J connectivity index is 1.31. The van der Waals surface area contributed by atoms with Crippen LogP contribution >= 0.6 is 11.3 Å². The monoisotopic (exact) mass is 480 g/mol. The first-order valence-corrected chi connectivity index (χ1v) is 12.1. The van der Waals surface area contributed by atoms with Crippen LogP contribution in [0.5, 0.6) is 0 Å². The summed E-state index contributed by atoms with van der Waals surface area (Å²) in [6.07, 6.45) is 1.88. The molecule has 3 aromatic carbocycles. The summed E-state index contributed by atoms with van der Waals surface area (Å²) in [5.74, 6) is -0.191. The molecule has 1 atom stereocenters. The van der Waals surface area contributed by atoms with Crippen molar-refractivity contribution < 1.29 is 9.90 Å². The van der Waals surface area contributed by atoms with Crippen molar-refractivity contribution >= 4 is 33.3 Å². The van der Waals surface area contributed by atoms with Crippen LogP contribution in [0.4, 0.5) is 5.82 Å². The van der Waals surface area contributed by atoms with Gasteiger partial charge in [-0.3, -0.25) is 4.79 Å². The number of hydrogen-bond acceptors (Lipinski definition) is 6. The Kier molecular flexibility index (Phi) is 6.52. The minimum Gasteiger partial charge on any atom is -0.480 e. The fraction of sp³-hybridized carbons (Fsp3) is 0.107. The van der Waals surface area contributed by atoms with Crippen LogP contribution in [0.1, 0.15) is 11.1 Å². The lowest BCUT2D eigenvalue weighted by Gasteiger charge is -2.09. The number of hydrogen-bond donors (Lipinski definition) is 3. The van der Waals surface area contributed by atoms with E-state index in [0.29, 0.717) is 13.0 Å². The Morgan fingerprint density at radius 3 is 2.26 bits per heavy atom. The lowest BCUT2D eigenvalue weighted by atomic mass is 10.0. The number of carbonyl (C=O) groups is 1. The summed E-state index contributed by atoms with van der Waals surface area (Å²) in [5, 5.41) is 14.6. The number of benzene rings is 3. The molecule has 0 spiro atoms. The number of nitrogens with two attached hydrogens (primary N) is 1. The molecule has 7 heteroatoms. The molecule has 0 aliphatic heterocycles. The maximum Gasteiger partial charge on any atom is 0.320 e. The van der Waals surface area contributed by atoms with Crippen molar-refractivity contribution in [2.45, 2.75) is 19.0 Å². The van der Waals surface area contributed by atoms with Crippen molar-refractivity contribution in [1.29, 1.82) is 0 Å². The van der Waals surface area contributed by atoms with Gasteiger partial charge in [0.05, 0.1) is 10.2 Å². The van der Waals surface area contributed by atoms with E-state index in [1.165, 1.54) is 16.7 Å². The van der Waals surface area contributed by atoms with Gasteiger partial charge in [0.15, 0.2) is 0 Å². The smallest absolute Gasteiger partial charge is 0.320 e. The normalized spacial score (nSPS) is 11.9. The van der Waals surface area contributed by atoms with Gasteiger partial charge in [0.1, 0.15) is 18.2 Å². The lowest BCUT2D eigenvalue weighted by Crippen LogP contribution is -2.32. The first kappa shape index (κ1) is 22.7. The highest BCUT2D eigenvalue weighted by Gasteiger charge is 2.14. The predicted molar refractivity (Wildman–Crippen MR) is 141 cm³/mol. The quantitative estimate of drug-likeness (QED) is 0.268. The van der Waals surface area contributed by atoms with E-state index in [-0.39, 0.29) is 0 Å². The van der Waals surface area contributed by atoms with Gasteiger partial charge >= 0.3 is 5.97 Å². The van der Waals surface area contributed by atoms with Gasteiger partial charge in [0.2, 0.25) is 0 Å². The molecular formula is C28H24N4O2S. The van der Waals surface area contributed by atoms with Gasteiger partial charge in [0, 0.05) is 17.5 Å². The number of fused-ring (bicyclic) bond motifs is 1. The Morgan fingerprint density at radius 1 is 0.886 bits per heavy atom. The van der Waals surface area contributed by atoms with Crippen LogP contribution in [-0.2, 0) is 17.8 Å². The number of rotatable bonds is 8. The molecule has 0 saturated carbocycles. The molecule has 0 radical (unpaired) electrons. The number of thiophene rings is 1. The molecule has 2 aromatic heterocycles. The van der Waals surface area contributed by atoms with Crippen LogP contribution < -0.4 is 11.1 Å². The number of carboxylic acid groups (broad SMARTS) is 1. The van der Waals surface area contributed by atoms with Crippen molar-refractivity contribution in [2.75, 3.05) is 5.32 Å². The van der Waals surface area contributed by atoms with Gasteiger partial charge < -0.3 is 16.2 Å². The molecule has 5 aromatic rings. The van der Waals surface area contributed by atoms with Crippen molar-refractivity contribution in [1.82, 2.24) is 9.97 Å². The molecular weight excluding hydrogens is 456 g/mol. The van der Waals surface area contributed by atoms with E-state index in [1.807, 2.05) is 42.5 Å². The highest BCUT2D eigenvalue weighted by Crippen LogP contribution is 2.36. The zero-order valence-corrected chi connectivity index (χ0v) is 19.7. The zero-order chi connectivity index (χ0) is 24.2. The third kappa shape index (κ3) is 5.06. The predicted octanol–water partition coefficient (Wildman–Crippen LogP) is 5.59. The number of carboxylic acids is 1. The Labute approximate surface area is 207 Å². The van der Waals surface area contributed by atoms with Gasteiger partial charge in [-0.25, -0.2) is 9.97 Å². The topological polar surface area (TPSA) is 101 Å². The average molecular weight is 481 g/mol. The third-order valence-electron chi connectivity index (χ3n) is 5.91. The maximum atomic E-state index is 11.0. The van der Waals surface area contributed by atoms with Crippen molar-refractivity contribution in [3.63, 3.8) is 0 Å². The molecule has 2 heterocycles. The second kappa shape index (κ2) is 10.0. The summed E-state index contributed by atoms with van der Waals surface area (Å²) < 4.78 is 1.00. The molecule has 0 aliphatic rings. The number of aliphatic carboxylic acids is 1. The van der Waals surface area contributed by atoms with Crippen molar-refractivity contribution in [2.24, 2.45) is 5.73 Å². The summed E-state index contributed by atoms with van der Waals surface area (Å²) in [5.41, 5.74) is 13.0. The summed E-state index contributed by atoms with van der Waals surface area (Å²) in [4.78, 5) is 20.0. The van der Waals surface area contributed by atoms with Crippen LogP contribution in [0.15, 0.2) is 90.6 Å². The molecule has 5 rings (SSSR count). The molecule has 0 saturated heterocycles. The van der Waals surface area contributed by atoms with Crippen LogP contribution in [-0.4, -0.2) is 27.1 Å². The summed E-state index contributed by atoms with van der Waals surface area (Å²) >= 11 is 1.60. The van der Waals surface area contributed by atoms with Crippen molar-refractivity contribution in [3.05, 3.63) is 102 Å². The molecule has 174 valence electrons. The van der Waals surface area contributed by atoms with E-state index in [1.54, 1.807) is 17.7 Å². The summed E-state index contributed by atoms with van der Waals surface area (Å²) in [7, 11) is 0. The second-order valence-corrected chi connectivity index (χ2v) is 9.19. The van der Waals surface area contributed by atoms with Crippen LogP contribution in [0.3, 0.4) is 0 Å². The fourth-order valence-corrected chi connectivity index (χ4v) is 4.97. The van der Waals surface area contributed by atoms with E-state index in [9.17, 15) is 4.79 Å². The number of aromatic nitrogens is 2. The van der Waals surface area contributed by atoms with Crippen LogP contribution in [0.25, 0.3) is 32.5 Å². The first-order chi connectivity index (χ1) is 17.1. The molecule has 0 amide bonds. The molecule has 1 unspecified atom stereocenters. The Hall–Kier alpha value is -4.07. The number of nitrogens with one attached hydrogen (secondary N) is 1. The van der Waals surface area contributed by atoms with E-state index >= 15 is 0 Å². The molecule has 35 heavy (non-hydrogen) atoms. The first-order valence-electron chi connectivity index (χ1n) is 11.3. The van der Waals surface area contributed by atoms with Gasteiger partial charge in [0.25, 0.3) is 0 Å². The van der Waals surface area contributed by atoms with Crippen molar-refractivity contribution in [3.8, 4) is 22.3 Å². The average Bonchev–Trinajstić information content (AvgIpc) is 3.33. The van der Waals surface area contributed by atoms with E-state index in [4.69, 9.17) is 10.8 Å². The SMILES string of the molecule is NC(Cc1ccc(-c2csc3c(NCc4ccc(-c5ccccc5)cc4)ncnc23)cc1)C(=O)O. The highest BCUT2D eigenvalue weighted by atomic mass is 32.1. The molecule has 0 aliphatic carbocycles. The summed E-state index contributed by atoms with van der Waals surface area (Å²) in [6.45, 7) is 0.660. The minimum atomic E-state index is -0.998. The van der Waals surface area contributed by atoms with Crippen LogP contribution in [0.2, 0.25) is 0 Å². The number of nitrogens with zero attached hydrogens (tertiary/aromatic N) is 2. The second-order valence-electron chi connectivity index (χ2n) is 8.31. The van der Waals surface area contributed by atoms with E-state index in [0.717, 1.165) is 32.7 Å². The standard InChI is InChI=1S/C28H24N4O2S/c29-24(28(33)34)14-18-6-12-22(13-7-18)23-16-35-26-25(23)31-17-32-27(26)30-15-19-8-10-21(11-9-19)20-4-2-1-3-5-20/h1-13,16-17,24H,14-15,29H2,(H,33,34)(H,30,31,32). The molecule has 6 nitrogen and oxygen atoms in total. The van der Waals surface area contributed by atoms with Crippen LogP contribution in [0, 0.1) is 0 Å². The van der Waals surface area contributed by atoms with E-state index < -0.39 is 12.0 Å². The van der Waals surface area contributed by atoms with E-state index in [2.05, 4.69) is 57.1 Å². The molecule has 4 N–H and O–H groups in total. The van der Waals surface area contributed by atoms with Gasteiger partial charge in [-0.05, 0) is 34.2 Å². The Morgan fingerprint density at radius 2 is 1.54 bits per heavy atom. The highest BCUT2D eigenvalue weighted by molar-refractivity contribution is 7.18. The molecule has 0 bridgehead atoms. The number of anilines is 1.